The van der Waals surface area contributed by atoms with Crippen molar-refractivity contribution in [1.29, 1.82) is 0 Å². The number of aromatic nitrogens is 1. The van der Waals surface area contributed by atoms with Crippen LogP contribution in [0.4, 0.5) is 0 Å². The third-order valence-corrected chi connectivity index (χ3v) is 12.5. The number of benzene rings is 10. The molecule has 1 aliphatic rings. The molecule has 0 fully saturated rings. The second-order valence-corrected chi connectivity index (χ2v) is 15.6. The Kier molecular flexibility index (Phi) is 7.36. The average molecular weight is 736 g/mol. The monoisotopic (exact) mass is 735 g/mol. The number of fused-ring (bicyclic) bond motifs is 9. The summed E-state index contributed by atoms with van der Waals surface area (Å²) in [6.07, 6.45) is 0. The Morgan fingerprint density at radius 1 is 0.293 bits per heavy atom. The highest BCUT2D eigenvalue weighted by molar-refractivity contribution is 6.14. The number of hydrogen-bond donors (Lipinski definition) is 0. The fourth-order valence-corrected chi connectivity index (χ4v) is 9.94. The van der Waals surface area contributed by atoms with Crippen LogP contribution in [0.2, 0.25) is 0 Å². The molecule has 0 amide bonds. The van der Waals surface area contributed by atoms with Crippen LogP contribution in [0.1, 0.15) is 22.6 Å². The molecule has 270 valence electrons. The van der Waals surface area contributed by atoms with Gasteiger partial charge < -0.3 is 4.57 Å². The van der Waals surface area contributed by atoms with E-state index in [1.165, 1.54) is 110 Å². The Labute approximate surface area is 337 Å². The summed E-state index contributed by atoms with van der Waals surface area (Å²) in [6.45, 7) is 0. The minimum absolute atomic E-state index is 0.192. The van der Waals surface area contributed by atoms with E-state index >= 15 is 0 Å². The van der Waals surface area contributed by atoms with E-state index in [9.17, 15) is 0 Å². The van der Waals surface area contributed by atoms with E-state index in [1.807, 2.05) is 0 Å². The first kappa shape index (κ1) is 32.7. The number of hydrogen-bond acceptors (Lipinski definition) is 0. The topological polar surface area (TPSA) is 4.93 Å². The zero-order valence-corrected chi connectivity index (χ0v) is 31.8. The minimum Gasteiger partial charge on any atom is -0.309 e. The summed E-state index contributed by atoms with van der Waals surface area (Å²) in [5, 5.41) is 7.61. The van der Waals surface area contributed by atoms with Gasteiger partial charge in [-0.1, -0.05) is 182 Å². The van der Waals surface area contributed by atoms with E-state index in [-0.39, 0.29) is 5.92 Å². The van der Waals surface area contributed by atoms with Gasteiger partial charge in [0.2, 0.25) is 0 Å². The lowest BCUT2D eigenvalue weighted by Crippen LogP contribution is -2.00. The zero-order valence-electron chi connectivity index (χ0n) is 31.8. The molecule has 0 bridgehead atoms. The molecule has 0 saturated carbocycles. The van der Waals surface area contributed by atoms with Gasteiger partial charge in [0.25, 0.3) is 0 Å². The van der Waals surface area contributed by atoms with Crippen LogP contribution in [0.5, 0.6) is 0 Å². The van der Waals surface area contributed by atoms with Crippen molar-refractivity contribution >= 4 is 43.4 Å². The molecule has 58 heavy (non-hydrogen) atoms. The Hall–Kier alpha value is -7.48. The van der Waals surface area contributed by atoms with Crippen molar-refractivity contribution < 1.29 is 0 Å². The Balaban J connectivity index is 1.06. The number of rotatable bonds is 5. The average Bonchev–Trinajstić information content (AvgIpc) is 3.81. The molecule has 1 aromatic heterocycles. The van der Waals surface area contributed by atoms with Gasteiger partial charge in [0, 0.05) is 22.3 Å². The molecular weight excluding hydrogens is 699 g/mol. The van der Waals surface area contributed by atoms with Crippen LogP contribution in [0.25, 0.3) is 93.5 Å². The van der Waals surface area contributed by atoms with Crippen LogP contribution in [0, 0.1) is 0 Å². The van der Waals surface area contributed by atoms with Crippen molar-refractivity contribution in [1.82, 2.24) is 4.57 Å². The van der Waals surface area contributed by atoms with E-state index < -0.39 is 0 Å². The standard InChI is InChI=1S/C57H37N/c1-2-16-37(17-3-1)51-35-39(52-34-38-18-4-5-19-41(38)42-20-6-7-23-45(42)52)30-32-46(51)47-24-12-14-28-54(47)58-55-29-15-13-25-48(55)53-36-40(31-33-56(53)58)57-49-26-10-8-21-43(49)44-22-9-11-27-50(44)57/h1-36,57H. The van der Waals surface area contributed by atoms with Crippen LogP contribution >= 0.6 is 0 Å². The van der Waals surface area contributed by atoms with Gasteiger partial charge in [-0.2, -0.15) is 0 Å². The van der Waals surface area contributed by atoms with Crippen molar-refractivity contribution in [3.63, 3.8) is 0 Å². The third-order valence-electron chi connectivity index (χ3n) is 12.5. The van der Waals surface area contributed by atoms with Crippen LogP contribution in [0.15, 0.2) is 218 Å². The van der Waals surface area contributed by atoms with Gasteiger partial charge in [-0.15, -0.1) is 0 Å². The van der Waals surface area contributed by atoms with Crippen LogP contribution < -0.4 is 0 Å². The number of nitrogens with zero attached hydrogens (tertiary/aromatic N) is 1. The molecule has 10 aromatic carbocycles. The van der Waals surface area contributed by atoms with Crippen LogP contribution in [-0.4, -0.2) is 4.57 Å². The molecule has 0 saturated heterocycles. The molecule has 12 rings (SSSR count). The maximum absolute atomic E-state index is 2.49. The second kappa shape index (κ2) is 13.0. The van der Waals surface area contributed by atoms with E-state index in [0.29, 0.717) is 0 Å². The molecular formula is C57H37N. The quantitative estimate of drug-likeness (QED) is 0.155. The lowest BCUT2D eigenvalue weighted by atomic mass is 9.88. The number of para-hydroxylation sites is 2. The highest BCUT2D eigenvalue weighted by Gasteiger charge is 2.30. The van der Waals surface area contributed by atoms with Gasteiger partial charge in [0.15, 0.2) is 0 Å². The summed E-state index contributed by atoms with van der Waals surface area (Å²) in [4.78, 5) is 0. The summed E-state index contributed by atoms with van der Waals surface area (Å²) >= 11 is 0. The summed E-state index contributed by atoms with van der Waals surface area (Å²) < 4.78 is 2.49. The molecule has 1 heteroatoms. The van der Waals surface area contributed by atoms with Gasteiger partial charge in [-0.05, 0) is 114 Å². The highest BCUT2D eigenvalue weighted by atomic mass is 15.0. The van der Waals surface area contributed by atoms with Gasteiger partial charge in [-0.25, -0.2) is 0 Å². The molecule has 1 nitrogen and oxygen atoms in total. The molecule has 0 spiro atoms. The van der Waals surface area contributed by atoms with Gasteiger partial charge in [0.1, 0.15) is 0 Å². The molecule has 1 aliphatic carbocycles. The van der Waals surface area contributed by atoms with Crippen molar-refractivity contribution in [2.75, 3.05) is 0 Å². The molecule has 1 heterocycles. The Morgan fingerprint density at radius 2 is 0.897 bits per heavy atom. The second-order valence-electron chi connectivity index (χ2n) is 15.6. The lowest BCUT2D eigenvalue weighted by Gasteiger charge is -2.19. The van der Waals surface area contributed by atoms with E-state index in [1.54, 1.807) is 0 Å². The van der Waals surface area contributed by atoms with Crippen LogP contribution in [-0.2, 0) is 0 Å². The Bertz CT molecular complexity index is 3360. The molecule has 0 unspecified atom stereocenters. The van der Waals surface area contributed by atoms with Crippen LogP contribution in [0.3, 0.4) is 0 Å². The first-order valence-corrected chi connectivity index (χ1v) is 20.2. The molecule has 0 aliphatic heterocycles. The third kappa shape index (κ3) is 4.97. The highest BCUT2D eigenvalue weighted by Crippen LogP contribution is 2.49. The minimum atomic E-state index is 0.192. The first-order valence-electron chi connectivity index (χ1n) is 20.2. The van der Waals surface area contributed by atoms with Gasteiger partial charge >= 0.3 is 0 Å². The molecule has 11 aromatic rings. The molecule has 0 N–H and O–H groups in total. The van der Waals surface area contributed by atoms with E-state index in [0.717, 1.165) is 0 Å². The normalized spacial score (nSPS) is 12.4. The first-order chi connectivity index (χ1) is 28.8. The molecule has 0 atom stereocenters. The summed E-state index contributed by atoms with van der Waals surface area (Å²) in [6, 6.07) is 80.8. The molecule has 0 radical (unpaired) electrons. The largest absolute Gasteiger partial charge is 0.309 e. The van der Waals surface area contributed by atoms with Gasteiger partial charge in [0.05, 0.1) is 16.7 Å². The van der Waals surface area contributed by atoms with E-state index in [4.69, 9.17) is 0 Å². The predicted molar refractivity (Wildman–Crippen MR) is 245 cm³/mol. The predicted octanol–water partition coefficient (Wildman–Crippen LogP) is 15.3. The van der Waals surface area contributed by atoms with E-state index in [2.05, 4.69) is 223 Å². The fourth-order valence-electron chi connectivity index (χ4n) is 9.94. The smallest absolute Gasteiger partial charge is 0.0541 e. The summed E-state index contributed by atoms with van der Waals surface area (Å²) in [7, 11) is 0. The fraction of sp³-hybridized carbons (Fsp3) is 0.0175. The Morgan fingerprint density at radius 3 is 1.69 bits per heavy atom. The van der Waals surface area contributed by atoms with Crippen molar-refractivity contribution in [3.8, 4) is 50.2 Å². The van der Waals surface area contributed by atoms with Gasteiger partial charge in [-0.3, -0.25) is 0 Å². The van der Waals surface area contributed by atoms with Crippen molar-refractivity contribution in [2.45, 2.75) is 5.92 Å². The zero-order chi connectivity index (χ0) is 38.2. The lowest BCUT2D eigenvalue weighted by molar-refractivity contribution is 1.02. The van der Waals surface area contributed by atoms with Crippen molar-refractivity contribution in [3.05, 3.63) is 235 Å². The SMILES string of the molecule is c1ccc(-c2cc(-c3cc4ccccc4c4ccccc34)ccc2-c2ccccc2-n2c3ccccc3c3cc(C4c5ccccc5-c5ccccc54)ccc32)cc1. The van der Waals surface area contributed by atoms with Crippen molar-refractivity contribution in [2.24, 2.45) is 0 Å². The maximum atomic E-state index is 2.49. The summed E-state index contributed by atoms with van der Waals surface area (Å²) in [5.74, 6) is 0.192. The summed E-state index contributed by atoms with van der Waals surface area (Å²) in [5.41, 5.74) is 17.6. The maximum Gasteiger partial charge on any atom is 0.0541 e.